The van der Waals surface area contributed by atoms with E-state index < -0.39 is 21.9 Å². The summed E-state index contributed by atoms with van der Waals surface area (Å²) in [5.74, 6) is -0.900. The number of carbonyl (C=O) groups excluding carboxylic acids is 2. The van der Waals surface area contributed by atoms with E-state index in [1.807, 2.05) is 19.9 Å². The average molecular weight is 481 g/mol. The maximum absolute atomic E-state index is 13.1. The molecule has 0 aliphatic heterocycles. The van der Waals surface area contributed by atoms with Crippen molar-refractivity contribution in [3.8, 4) is 0 Å². The minimum Gasteiger partial charge on any atom is -0.462 e. The van der Waals surface area contributed by atoms with Crippen LogP contribution in [-0.2, 0) is 14.8 Å². The number of esters is 1. The Morgan fingerprint density at radius 2 is 1.47 bits per heavy atom. The molecule has 0 aliphatic carbocycles. The average Bonchev–Trinajstić information content (AvgIpc) is 2.77. The van der Waals surface area contributed by atoms with Crippen LogP contribution in [0.25, 0.3) is 0 Å². The van der Waals surface area contributed by atoms with Gasteiger partial charge in [0.1, 0.15) is 0 Å². The largest absolute Gasteiger partial charge is 0.462 e. The Labute approximate surface area is 200 Å². The van der Waals surface area contributed by atoms with E-state index in [-0.39, 0.29) is 17.1 Å². The van der Waals surface area contributed by atoms with Gasteiger partial charge in [-0.3, -0.25) is 9.52 Å². The fourth-order valence-electron chi connectivity index (χ4n) is 3.39. The Morgan fingerprint density at radius 3 is 2.12 bits per heavy atom. The normalized spacial score (nSPS) is 11.1. The monoisotopic (exact) mass is 480 g/mol. The van der Waals surface area contributed by atoms with Crippen molar-refractivity contribution in [1.82, 2.24) is 0 Å². The molecule has 0 spiro atoms. The third kappa shape index (κ3) is 5.63. The summed E-state index contributed by atoms with van der Waals surface area (Å²) in [6.45, 7) is 9.29. The van der Waals surface area contributed by atoms with Crippen molar-refractivity contribution in [3.05, 3.63) is 88.0 Å². The predicted molar refractivity (Wildman–Crippen MR) is 133 cm³/mol. The Kier molecular flexibility index (Phi) is 7.41. The van der Waals surface area contributed by atoms with Gasteiger partial charge in [0, 0.05) is 16.9 Å². The molecule has 0 unspecified atom stereocenters. The van der Waals surface area contributed by atoms with E-state index in [0.29, 0.717) is 28.1 Å². The van der Waals surface area contributed by atoms with Gasteiger partial charge < -0.3 is 10.1 Å². The highest BCUT2D eigenvalue weighted by atomic mass is 32.2. The number of hydrogen-bond acceptors (Lipinski definition) is 5. The van der Waals surface area contributed by atoms with Crippen LogP contribution in [0.2, 0.25) is 0 Å². The van der Waals surface area contributed by atoms with E-state index in [2.05, 4.69) is 10.0 Å². The number of ether oxygens (including phenoxy) is 1. The number of anilines is 2. The van der Waals surface area contributed by atoms with Crippen LogP contribution in [0, 0.1) is 27.7 Å². The third-order valence-corrected chi connectivity index (χ3v) is 7.01. The standard InChI is InChI=1S/C26H28N2O5S/c1-6-33-26(30)21-10-12-23(19(5)13-21)27-25(29)20-9-7-17(3)24(15-20)34(31,32)28-22-11-8-16(2)18(4)14-22/h7-15,28H,6H2,1-5H3,(H,27,29). The summed E-state index contributed by atoms with van der Waals surface area (Å²) in [5.41, 5.74) is 4.76. The summed E-state index contributed by atoms with van der Waals surface area (Å²) in [6, 6.07) is 14.7. The van der Waals surface area contributed by atoms with Crippen LogP contribution in [0.3, 0.4) is 0 Å². The first-order chi connectivity index (χ1) is 16.0. The zero-order valence-corrected chi connectivity index (χ0v) is 20.7. The van der Waals surface area contributed by atoms with E-state index in [1.165, 1.54) is 6.07 Å². The van der Waals surface area contributed by atoms with Crippen molar-refractivity contribution in [1.29, 1.82) is 0 Å². The fourth-order valence-corrected chi connectivity index (χ4v) is 4.71. The molecular formula is C26H28N2O5S. The Hall–Kier alpha value is -3.65. The fraction of sp³-hybridized carbons (Fsp3) is 0.231. The quantitative estimate of drug-likeness (QED) is 0.456. The highest BCUT2D eigenvalue weighted by molar-refractivity contribution is 7.92. The number of amides is 1. The third-order valence-electron chi connectivity index (χ3n) is 5.48. The van der Waals surface area contributed by atoms with Gasteiger partial charge in [0.15, 0.2) is 0 Å². The van der Waals surface area contributed by atoms with Crippen LogP contribution in [-0.4, -0.2) is 26.9 Å². The van der Waals surface area contributed by atoms with Gasteiger partial charge in [-0.2, -0.15) is 0 Å². The zero-order chi connectivity index (χ0) is 25.0. The summed E-state index contributed by atoms with van der Waals surface area (Å²) >= 11 is 0. The molecule has 0 fully saturated rings. The Morgan fingerprint density at radius 1 is 0.794 bits per heavy atom. The maximum Gasteiger partial charge on any atom is 0.338 e. The van der Waals surface area contributed by atoms with Gasteiger partial charge in [-0.15, -0.1) is 0 Å². The molecule has 0 aliphatic rings. The SMILES string of the molecule is CCOC(=O)c1ccc(NC(=O)c2ccc(C)c(S(=O)(=O)Nc3ccc(C)c(C)c3)c2)c(C)c1. The lowest BCUT2D eigenvalue weighted by molar-refractivity contribution is 0.0526. The topological polar surface area (TPSA) is 102 Å². The van der Waals surface area contributed by atoms with Crippen LogP contribution < -0.4 is 10.0 Å². The van der Waals surface area contributed by atoms with Crippen LogP contribution in [0.5, 0.6) is 0 Å². The number of benzene rings is 3. The van der Waals surface area contributed by atoms with E-state index in [9.17, 15) is 18.0 Å². The lowest BCUT2D eigenvalue weighted by Gasteiger charge is -2.14. The van der Waals surface area contributed by atoms with Gasteiger partial charge >= 0.3 is 5.97 Å². The first-order valence-electron chi connectivity index (χ1n) is 10.8. The molecule has 3 rings (SSSR count). The molecule has 0 atom stereocenters. The predicted octanol–water partition coefficient (Wildman–Crippen LogP) is 5.15. The highest BCUT2D eigenvalue weighted by Gasteiger charge is 2.20. The van der Waals surface area contributed by atoms with Gasteiger partial charge in [0.05, 0.1) is 17.1 Å². The molecule has 8 heteroatoms. The minimum absolute atomic E-state index is 0.0211. The molecule has 0 saturated carbocycles. The second-order valence-electron chi connectivity index (χ2n) is 8.09. The maximum atomic E-state index is 13.1. The van der Waals surface area contributed by atoms with Crippen LogP contribution in [0.15, 0.2) is 59.5 Å². The Bertz CT molecular complexity index is 1360. The summed E-state index contributed by atoms with van der Waals surface area (Å²) in [4.78, 5) is 24.8. The number of hydrogen-bond donors (Lipinski definition) is 2. The van der Waals surface area contributed by atoms with Crippen LogP contribution in [0.4, 0.5) is 11.4 Å². The molecular weight excluding hydrogens is 452 g/mol. The molecule has 0 bridgehead atoms. The van der Waals surface area contributed by atoms with Gasteiger partial charge in [0.25, 0.3) is 15.9 Å². The Balaban J connectivity index is 1.84. The molecule has 1 amide bonds. The molecule has 0 radical (unpaired) electrons. The smallest absolute Gasteiger partial charge is 0.338 e. The zero-order valence-electron chi connectivity index (χ0n) is 19.9. The summed E-state index contributed by atoms with van der Waals surface area (Å²) in [7, 11) is -3.91. The number of rotatable bonds is 7. The van der Waals surface area contributed by atoms with Crippen LogP contribution in [0.1, 0.15) is 49.9 Å². The molecule has 0 heterocycles. The van der Waals surface area contributed by atoms with Crippen molar-refractivity contribution in [2.24, 2.45) is 0 Å². The molecule has 34 heavy (non-hydrogen) atoms. The first-order valence-corrected chi connectivity index (χ1v) is 12.3. The molecule has 178 valence electrons. The van der Waals surface area contributed by atoms with E-state index in [1.54, 1.807) is 63.2 Å². The van der Waals surface area contributed by atoms with Crippen molar-refractivity contribution >= 4 is 33.3 Å². The lowest BCUT2D eigenvalue weighted by atomic mass is 10.1. The van der Waals surface area contributed by atoms with Crippen molar-refractivity contribution in [2.75, 3.05) is 16.6 Å². The van der Waals surface area contributed by atoms with Crippen molar-refractivity contribution < 1.29 is 22.7 Å². The lowest BCUT2D eigenvalue weighted by Crippen LogP contribution is -2.17. The van der Waals surface area contributed by atoms with Gasteiger partial charge in [-0.25, -0.2) is 13.2 Å². The molecule has 2 N–H and O–H groups in total. The van der Waals surface area contributed by atoms with Gasteiger partial charge in [-0.05, 0) is 99.3 Å². The number of carbonyl (C=O) groups is 2. The molecule has 0 aromatic heterocycles. The summed E-state index contributed by atoms with van der Waals surface area (Å²) in [5, 5.41) is 2.78. The van der Waals surface area contributed by atoms with Crippen molar-refractivity contribution in [2.45, 2.75) is 39.5 Å². The summed E-state index contributed by atoms with van der Waals surface area (Å²) < 4.78 is 33.7. The van der Waals surface area contributed by atoms with Crippen LogP contribution >= 0.6 is 0 Å². The molecule has 0 saturated heterocycles. The molecule has 3 aromatic carbocycles. The second-order valence-corrected chi connectivity index (χ2v) is 9.74. The van der Waals surface area contributed by atoms with E-state index >= 15 is 0 Å². The second kappa shape index (κ2) is 10.1. The minimum atomic E-state index is -3.91. The number of sulfonamides is 1. The van der Waals surface area contributed by atoms with Crippen molar-refractivity contribution in [3.63, 3.8) is 0 Å². The van der Waals surface area contributed by atoms with E-state index in [0.717, 1.165) is 11.1 Å². The first kappa shape index (κ1) is 25.0. The number of nitrogens with one attached hydrogen (secondary N) is 2. The highest BCUT2D eigenvalue weighted by Crippen LogP contribution is 2.24. The number of aryl methyl sites for hydroxylation is 4. The summed E-state index contributed by atoms with van der Waals surface area (Å²) in [6.07, 6.45) is 0. The van der Waals surface area contributed by atoms with Gasteiger partial charge in [0.2, 0.25) is 0 Å². The molecule has 7 nitrogen and oxygen atoms in total. The molecule has 3 aromatic rings. The van der Waals surface area contributed by atoms with E-state index in [4.69, 9.17) is 4.74 Å². The van der Waals surface area contributed by atoms with Gasteiger partial charge in [-0.1, -0.05) is 12.1 Å².